The second kappa shape index (κ2) is 5.75. The molecule has 0 aliphatic heterocycles. The van der Waals surface area contributed by atoms with Gasteiger partial charge in [0.25, 0.3) is 0 Å². The molecule has 0 heterocycles. The summed E-state index contributed by atoms with van der Waals surface area (Å²) < 4.78 is 26.6. The van der Waals surface area contributed by atoms with Gasteiger partial charge in [0.2, 0.25) is 5.91 Å². The monoisotopic (exact) mass is 320 g/mol. The van der Waals surface area contributed by atoms with Gasteiger partial charge < -0.3 is 11.1 Å². The maximum atomic E-state index is 13.4. The molecule has 0 fully saturated rings. The molecule has 3 N–H and O–H groups in total. The Labute approximate surface area is 113 Å². The molecule has 1 aromatic rings. The van der Waals surface area contributed by atoms with E-state index in [9.17, 15) is 13.6 Å². The van der Waals surface area contributed by atoms with Gasteiger partial charge in [-0.2, -0.15) is 0 Å². The van der Waals surface area contributed by atoms with Gasteiger partial charge in [0.05, 0.1) is 10.2 Å². The van der Waals surface area contributed by atoms with E-state index in [-0.39, 0.29) is 16.6 Å². The molecule has 0 saturated heterocycles. The molecule has 0 radical (unpaired) electrons. The minimum atomic E-state index is -0.691. The molecule has 0 aliphatic rings. The minimum Gasteiger partial charge on any atom is -0.326 e. The lowest BCUT2D eigenvalue weighted by atomic mass is 10.00. The largest absolute Gasteiger partial charge is 0.326 e. The predicted molar refractivity (Wildman–Crippen MR) is 70.2 cm³/mol. The fraction of sp³-hybridized carbons (Fsp3) is 0.417. The first-order valence-corrected chi connectivity index (χ1v) is 6.21. The van der Waals surface area contributed by atoms with Crippen LogP contribution >= 0.6 is 15.9 Å². The second-order valence-electron chi connectivity index (χ2n) is 4.78. The van der Waals surface area contributed by atoms with E-state index in [1.165, 1.54) is 0 Å². The summed E-state index contributed by atoms with van der Waals surface area (Å²) in [6, 6.07) is 1.91. The van der Waals surface area contributed by atoms with Crippen LogP contribution in [0.25, 0.3) is 0 Å². The van der Waals surface area contributed by atoms with Crippen molar-refractivity contribution in [2.45, 2.75) is 32.2 Å². The fourth-order valence-electron chi connectivity index (χ4n) is 1.27. The second-order valence-corrected chi connectivity index (χ2v) is 5.64. The summed E-state index contributed by atoms with van der Waals surface area (Å²) in [5.41, 5.74) is 5.09. The normalized spacial score (nSPS) is 11.4. The molecule has 0 bridgehead atoms. The van der Waals surface area contributed by atoms with Crippen molar-refractivity contribution in [3.8, 4) is 0 Å². The van der Waals surface area contributed by atoms with Gasteiger partial charge in [0.1, 0.15) is 11.6 Å². The number of nitrogens with two attached hydrogens (primary N) is 1. The Hall–Kier alpha value is -1.01. The lowest BCUT2D eigenvalue weighted by Crippen LogP contribution is -2.33. The molecule has 3 nitrogen and oxygen atoms in total. The van der Waals surface area contributed by atoms with Crippen LogP contribution in [0.5, 0.6) is 0 Å². The van der Waals surface area contributed by atoms with Gasteiger partial charge in [-0.1, -0.05) is 0 Å². The molecule has 0 atom stereocenters. The van der Waals surface area contributed by atoms with Crippen LogP contribution in [0.3, 0.4) is 0 Å². The Morgan fingerprint density at radius 3 is 2.56 bits per heavy atom. The molecule has 1 rings (SSSR count). The first-order valence-electron chi connectivity index (χ1n) is 5.42. The van der Waals surface area contributed by atoms with Crippen molar-refractivity contribution in [3.05, 3.63) is 28.2 Å². The number of nitrogens with one attached hydrogen (secondary N) is 1. The topological polar surface area (TPSA) is 55.1 Å². The van der Waals surface area contributed by atoms with Crippen molar-refractivity contribution < 1.29 is 13.6 Å². The first-order chi connectivity index (χ1) is 8.19. The van der Waals surface area contributed by atoms with Gasteiger partial charge in [0.15, 0.2) is 0 Å². The summed E-state index contributed by atoms with van der Waals surface area (Å²) >= 11 is 2.86. The highest BCUT2D eigenvalue weighted by atomic mass is 79.9. The Bertz CT molecular complexity index is 458. The van der Waals surface area contributed by atoms with Gasteiger partial charge in [-0.3, -0.25) is 4.79 Å². The van der Waals surface area contributed by atoms with Crippen LogP contribution < -0.4 is 11.1 Å². The standard InChI is InChI=1S/C12H15BrF2N2O/c1-12(2,16)4-3-11(18)17-10-6-8(14)7(13)5-9(10)15/h5-6H,3-4,16H2,1-2H3,(H,17,18). The highest BCUT2D eigenvalue weighted by molar-refractivity contribution is 9.10. The number of hydrogen-bond acceptors (Lipinski definition) is 2. The summed E-state index contributed by atoms with van der Waals surface area (Å²) in [6.45, 7) is 3.58. The number of carbonyl (C=O) groups excluding carboxylic acids is 1. The van der Waals surface area contributed by atoms with Crippen molar-refractivity contribution in [1.29, 1.82) is 0 Å². The third kappa shape index (κ3) is 4.70. The van der Waals surface area contributed by atoms with Crippen LogP contribution in [0, 0.1) is 11.6 Å². The van der Waals surface area contributed by atoms with E-state index in [4.69, 9.17) is 5.73 Å². The van der Waals surface area contributed by atoms with Gasteiger partial charge in [-0.15, -0.1) is 0 Å². The number of anilines is 1. The van der Waals surface area contributed by atoms with E-state index < -0.39 is 23.1 Å². The Balaban J connectivity index is 2.68. The fourth-order valence-corrected chi connectivity index (χ4v) is 1.58. The number of hydrogen-bond donors (Lipinski definition) is 2. The van der Waals surface area contributed by atoms with Gasteiger partial charge >= 0.3 is 0 Å². The van der Waals surface area contributed by atoms with E-state index in [0.29, 0.717) is 6.42 Å². The highest BCUT2D eigenvalue weighted by Gasteiger charge is 2.15. The lowest BCUT2D eigenvalue weighted by molar-refractivity contribution is -0.116. The molecule has 0 unspecified atom stereocenters. The zero-order valence-corrected chi connectivity index (χ0v) is 11.8. The van der Waals surface area contributed by atoms with Crippen LogP contribution in [0.15, 0.2) is 16.6 Å². The van der Waals surface area contributed by atoms with Gasteiger partial charge in [0, 0.05) is 18.0 Å². The molecular formula is C12H15BrF2N2O. The molecule has 100 valence electrons. The van der Waals surface area contributed by atoms with Gasteiger partial charge in [-0.25, -0.2) is 8.78 Å². The van der Waals surface area contributed by atoms with Crippen LogP contribution in [0.2, 0.25) is 0 Å². The smallest absolute Gasteiger partial charge is 0.224 e. The minimum absolute atomic E-state index is 0.0149. The zero-order chi connectivity index (χ0) is 13.9. The summed E-state index contributed by atoms with van der Waals surface area (Å²) in [5.74, 6) is -1.72. The quantitative estimate of drug-likeness (QED) is 0.837. The number of amides is 1. The Kier molecular flexibility index (Phi) is 4.81. The molecule has 1 amide bonds. The van der Waals surface area contributed by atoms with Crippen molar-refractivity contribution in [1.82, 2.24) is 0 Å². The molecule has 0 aliphatic carbocycles. The van der Waals surface area contributed by atoms with E-state index in [1.807, 2.05) is 0 Å². The molecule has 0 aromatic heterocycles. The van der Waals surface area contributed by atoms with Crippen molar-refractivity contribution in [2.24, 2.45) is 5.73 Å². The van der Waals surface area contributed by atoms with E-state index in [2.05, 4.69) is 21.2 Å². The lowest BCUT2D eigenvalue weighted by Gasteiger charge is -2.17. The Morgan fingerprint density at radius 1 is 1.39 bits per heavy atom. The van der Waals surface area contributed by atoms with Crippen LogP contribution in [0.4, 0.5) is 14.5 Å². The van der Waals surface area contributed by atoms with E-state index >= 15 is 0 Å². The third-order valence-electron chi connectivity index (χ3n) is 2.28. The third-order valence-corrected chi connectivity index (χ3v) is 2.89. The summed E-state index contributed by atoms with van der Waals surface area (Å²) in [6.07, 6.45) is 0.611. The molecule has 0 saturated carbocycles. The van der Waals surface area contributed by atoms with Crippen LogP contribution in [-0.4, -0.2) is 11.4 Å². The average molecular weight is 321 g/mol. The molecule has 1 aromatic carbocycles. The summed E-state index contributed by atoms with van der Waals surface area (Å²) in [4.78, 5) is 11.5. The molecule has 18 heavy (non-hydrogen) atoms. The summed E-state index contributed by atoms with van der Waals surface area (Å²) in [5, 5.41) is 2.32. The molecule has 0 spiro atoms. The van der Waals surface area contributed by atoms with Crippen molar-refractivity contribution >= 4 is 27.5 Å². The number of benzene rings is 1. The maximum Gasteiger partial charge on any atom is 0.224 e. The summed E-state index contributed by atoms with van der Waals surface area (Å²) in [7, 11) is 0. The number of carbonyl (C=O) groups is 1. The SMILES string of the molecule is CC(C)(N)CCC(=O)Nc1cc(F)c(Br)cc1F. The highest BCUT2D eigenvalue weighted by Crippen LogP contribution is 2.23. The average Bonchev–Trinajstić information content (AvgIpc) is 2.22. The first kappa shape index (κ1) is 15.0. The van der Waals surface area contributed by atoms with Crippen LogP contribution in [0.1, 0.15) is 26.7 Å². The van der Waals surface area contributed by atoms with Crippen LogP contribution in [-0.2, 0) is 4.79 Å². The Morgan fingerprint density at radius 2 is 2.00 bits per heavy atom. The zero-order valence-electron chi connectivity index (χ0n) is 10.2. The number of halogens is 3. The number of rotatable bonds is 4. The van der Waals surface area contributed by atoms with E-state index in [1.54, 1.807) is 13.8 Å². The predicted octanol–water partition coefficient (Wildman–Crippen LogP) is 3.18. The van der Waals surface area contributed by atoms with E-state index in [0.717, 1.165) is 12.1 Å². The maximum absolute atomic E-state index is 13.4. The van der Waals surface area contributed by atoms with Crippen molar-refractivity contribution in [2.75, 3.05) is 5.32 Å². The van der Waals surface area contributed by atoms with Gasteiger partial charge in [-0.05, 0) is 42.3 Å². The molecular weight excluding hydrogens is 306 g/mol. The van der Waals surface area contributed by atoms with Crippen molar-refractivity contribution in [3.63, 3.8) is 0 Å². The molecule has 6 heteroatoms.